The molecule has 0 atom stereocenters. The van der Waals surface area contributed by atoms with Gasteiger partial charge >= 0.3 is 5.97 Å². The summed E-state index contributed by atoms with van der Waals surface area (Å²) in [6.45, 7) is 11.7. The van der Waals surface area contributed by atoms with Gasteiger partial charge in [0.15, 0.2) is 13.2 Å². The maximum absolute atomic E-state index is 12.3. The molecule has 0 radical (unpaired) electrons. The first-order valence-corrected chi connectivity index (χ1v) is 9.87. The number of carbonyl (C=O) groups is 2. The number of esters is 1. The highest BCUT2D eigenvalue weighted by molar-refractivity contribution is 5.94. The Balaban J connectivity index is 1.90. The largest absolute Gasteiger partial charge is 0.482 e. The quantitative estimate of drug-likeness (QED) is 0.670. The summed E-state index contributed by atoms with van der Waals surface area (Å²) in [5.41, 5.74) is 3.69. The zero-order chi connectivity index (χ0) is 21.6. The predicted octanol–water partition coefficient (Wildman–Crippen LogP) is 4.98. The predicted molar refractivity (Wildman–Crippen MR) is 115 cm³/mol. The molecule has 5 heteroatoms. The van der Waals surface area contributed by atoms with Crippen molar-refractivity contribution in [2.75, 3.05) is 18.5 Å². The van der Waals surface area contributed by atoms with Crippen LogP contribution in [-0.4, -0.2) is 25.1 Å². The standard InChI is InChI=1S/C24H31NO4/c1-16(2)18-11-9-10-17(3)23(18)25-21(26)14-29-22(27)15-28-20-13-8-7-12-19(20)24(4,5)6/h7-13,16H,14-15H2,1-6H3,(H,25,26). The monoisotopic (exact) mass is 397 g/mol. The molecule has 0 aliphatic rings. The van der Waals surface area contributed by atoms with Gasteiger partial charge in [-0.25, -0.2) is 4.79 Å². The van der Waals surface area contributed by atoms with Crippen LogP contribution in [0.25, 0.3) is 0 Å². The molecule has 0 fully saturated rings. The van der Waals surface area contributed by atoms with Gasteiger partial charge in [-0.15, -0.1) is 0 Å². The van der Waals surface area contributed by atoms with Gasteiger partial charge in [0, 0.05) is 5.69 Å². The Hall–Kier alpha value is -2.82. The molecule has 5 nitrogen and oxygen atoms in total. The number of hydrogen-bond donors (Lipinski definition) is 1. The highest BCUT2D eigenvalue weighted by atomic mass is 16.6. The van der Waals surface area contributed by atoms with Crippen molar-refractivity contribution in [3.05, 3.63) is 59.2 Å². The molecule has 2 aromatic rings. The maximum atomic E-state index is 12.3. The Bertz CT molecular complexity index is 865. The van der Waals surface area contributed by atoms with Gasteiger partial charge in [-0.05, 0) is 41.0 Å². The molecule has 0 aliphatic heterocycles. The summed E-state index contributed by atoms with van der Waals surface area (Å²) in [4.78, 5) is 24.3. The molecule has 156 valence electrons. The van der Waals surface area contributed by atoms with Crippen LogP contribution >= 0.6 is 0 Å². The molecule has 0 unspecified atom stereocenters. The first kappa shape index (κ1) is 22.5. The van der Waals surface area contributed by atoms with E-state index in [0.717, 1.165) is 22.4 Å². The highest BCUT2D eigenvalue weighted by Crippen LogP contribution is 2.31. The fraction of sp³-hybridized carbons (Fsp3) is 0.417. The lowest BCUT2D eigenvalue weighted by molar-refractivity contribution is -0.149. The van der Waals surface area contributed by atoms with E-state index in [-0.39, 0.29) is 30.5 Å². The second-order valence-electron chi connectivity index (χ2n) is 8.44. The van der Waals surface area contributed by atoms with E-state index in [4.69, 9.17) is 9.47 Å². The van der Waals surface area contributed by atoms with Crippen LogP contribution in [0, 0.1) is 6.92 Å². The number of para-hydroxylation sites is 2. The highest BCUT2D eigenvalue weighted by Gasteiger charge is 2.19. The third kappa shape index (κ3) is 6.34. The average Bonchev–Trinajstić information content (AvgIpc) is 2.65. The van der Waals surface area contributed by atoms with Gasteiger partial charge in [0.1, 0.15) is 5.75 Å². The SMILES string of the molecule is Cc1cccc(C(C)C)c1NC(=O)COC(=O)COc1ccccc1C(C)(C)C. The molecule has 0 aliphatic carbocycles. The van der Waals surface area contributed by atoms with Crippen LogP contribution in [0.15, 0.2) is 42.5 Å². The summed E-state index contributed by atoms with van der Waals surface area (Å²) in [5, 5.41) is 2.86. The zero-order valence-corrected chi connectivity index (χ0v) is 18.2. The molecule has 2 rings (SSSR count). The van der Waals surface area contributed by atoms with Gasteiger partial charge in [-0.1, -0.05) is 71.0 Å². The van der Waals surface area contributed by atoms with Crippen LogP contribution in [0.1, 0.15) is 57.2 Å². The van der Waals surface area contributed by atoms with Gasteiger partial charge in [0.2, 0.25) is 0 Å². The van der Waals surface area contributed by atoms with Crippen molar-refractivity contribution < 1.29 is 19.1 Å². The fourth-order valence-corrected chi connectivity index (χ4v) is 3.05. The van der Waals surface area contributed by atoms with Crippen molar-refractivity contribution in [1.29, 1.82) is 0 Å². The number of aryl methyl sites for hydroxylation is 1. The summed E-state index contributed by atoms with van der Waals surface area (Å²) in [6, 6.07) is 13.5. The van der Waals surface area contributed by atoms with Crippen molar-refractivity contribution >= 4 is 17.6 Å². The molecule has 1 N–H and O–H groups in total. The van der Waals surface area contributed by atoms with E-state index in [1.807, 2.05) is 49.4 Å². The van der Waals surface area contributed by atoms with E-state index in [2.05, 4.69) is 39.9 Å². The van der Waals surface area contributed by atoms with Crippen molar-refractivity contribution in [2.24, 2.45) is 0 Å². The molecule has 0 saturated heterocycles. The van der Waals surface area contributed by atoms with E-state index in [1.54, 1.807) is 0 Å². The Morgan fingerprint density at radius 1 is 1.00 bits per heavy atom. The molecule has 0 aromatic heterocycles. The molecule has 2 aromatic carbocycles. The zero-order valence-electron chi connectivity index (χ0n) is 18.2. The summed E-state index contributed by atoms with van der Waals surface area (Å²) in [5.74, 6) is -0.0470. The van der Waals surface area contributed by atoms with E-state index in [0.29, 0.717) is 5.75 Å². The minimum atomic E-state index is -0.585. The van der Waals surface area contributed by atoms with Gasteiger partial charge in [0.05, 0.1) is 0 Å². The molecule has 29 heavy (non-hydrogen) atoms. The fourth-order valence-electron chi connectivity index (χ4n) is 3.05. The Labute approximate surface area is 173 Å². The summed E-state index contributed by atoms with van der Waals surface area (Å²) < 4.78 is 10.7. The number of nitrogens with one attached hydrogen (secondary N) is 1. The third-order valence-electron chi connectivity index (χ3n) is 4.60. The van der Waals surface area contributed by atoms with Crippen molar-refractivity contribution in [2.45, 2.75) is 52.9 Å². The summed E-state index contributed by atoms with van der Waals surface area (Å²) in [7, 11) is 0. The van der Waals surface area contributed by atoms with E-state index in [1.165, 1.54) is 0 Å². The lowest BCUT2D eigenvalue weighted by Gasteiger charge is -2.22. The lowest BCUT2D eigenvalue weighted by atomic mass is 9.86. The van der Waals surface area contributed by atoms with Gasteiger partial charge in [-0.3, -0.25) is 4.79 Å². The smallest absolute Gasteiger partial charge is 0.344 e. The van der Waals surface area contributed by atoms with Crippen LogP contribution in [-0.2, 0) is 19.7 Å². The maximum Gasteiger partial charge on any atom is 0.344 e. The molecule has 0 heterocycles. The van der Waals surface area contributed by atoms with Crippen LogP contribution in [0.2, 0.25) is 0 Å². The molecule has 0 bridgehead atoms. The summed E-state index contributed by atoms with van der Waals surface area (Å²) >= 11 is 0. The second-order valence-corrected chi connectivity index (χ2v) is 8.44. The van der Waals surface area contributed by atoms with E-state index >= 15 is 0 Å². The number of ether oxygens (including phenoxy) is 2. The lowest BCUT2D eigenvalue weighted by Crippen LogP contribution is -2.25. The topological polar surface area (TPSA) is 64.6 Å². The molecular formula is C24H31NO4. The Morgan fingerprint density at radius 2 is 1.69 bits per heavy atom. The van der Waals surface area contributed by atoms with Gasteiger partial charge < -0.3 is 14.8 Å². The average molecular weight is 398 g/mol. The van der Waals surface area contributed by atoms with Crippen LogP contribution in [0.5, 0.6) is 5.75 Å². The number of benzene rings is 2. The number of carbonyl (C=O) groups excluding carboxylic acids is 2. The third-order valence-corrected chi connectivity index (χ3v) is 4.60. The summed E-state index contributed by atoms with van der Waals surface area (Å²) in [6.07, 6.45) is 0. The normalized spacial score (nSPS) is 11.3. The minimum Gasteiger partial charge on any atom is -0.482 e. The molecule has 1 amide bonds. The Kier molecular flexibility index (Phi) is 7.43. The van der Waals surface area contributed by atoms with Crippen LogP contribution in [0.3, 0.4) is 0 Å². The van der Waals surface area contributed by atoms with Gasteiger partial charge in [0.25, 0.3) is 5.91 Å². The molecule has 0 saturated carbocycles. The first-order chi connectivity index (χ1) is 13.6. The number of anilines is 1. The minimum absolute atomic E-state index is 0.109. The number of amides is 1. The van der Waals surface area contributed by atoms with Crippen molar-refractivity contribution in [3.8, 4) is 5.75 Å². The molecule has 0 spiro atoms. The van der Waals surface area contributed by atoms with Crippen molar-refractivity contribution in [1.82, 2.24) is 0 Å². The first-order valence-electron chi connectivity index (χ1n) is 9.87. The number of rotatable bonds is 7. The Morgan fingerprint density at radius 3 is 2.34 bits per heavy atom. The number of hydrogen-bond acceptors (Lipinski definition) is 4. The van der Waals surface area contributed by atoms with Crippen molar-refractivity contribution in [3.63, 3.8) is 0 Å². The van der Waals surface area contributed by atoms with E-state index < -0.39 is 5.97 Å². The van der Waals surface area contributed by atoms with E-state index in [9.17, 15) is 9.59 Å². The van der Waals surface area contributed by atoms with Crippen LogP contribution < -0.4 is 10.1 Å². The van der Waals surface area contributed by atoms with Crippen LogP contribution in [0.4, 0.5) is 5.69 Å². The second kappa shape index (κ2) is 9.59. The molecular weight excluding hydrogens is 366 g/mol. The van der Waals surface area contributed by atoms with Gasteiger partial charge in [-0.2, -0.15) is 0 Å².